The van der Waals surface area contributed by atoms with Crippen molar-refractivity contribution in [1.82, 2.24) is 9.55 Å². The first-order chi connectivity index (χ1) is 16.2. The van der Waals surface area contributed by atoms with Crippen LogP contribution in [-0.2, 0) is 17.1 Å². The van der Waals surface area contributed by atoms with E-state index in [4.69, 9.17) is 4.74 Å². The fourth-order valence-electron chi connectivity index (χ4n) is 3.88. The highest BCUT2D eigenvalue weighted by molar-refractivity contribution is 7.92. The molecule has 0 aliphatic carbocycles. The van der Waals surface area contributed by atoms with Crippen LogP contribution >= 0.6 is 0 Å². The SMILES string of the molecule is CCC(C)c1cccc(Oc2ccc(NS(=O)(=O)CC)cc2-c2cn(C)c(=O)c3[nH]ccc23)c1.[HH].[HH]. The van der Waals surface area contributed by atoms with Crippen molar-refractivity contribution in [3.63, 3.8) is 0 Å². The number of hydrogen-bond acceptors (Lipinski definition) is 4. The van der Waals surface area contributed by atoms with Crippen LogP contribution in [0.5, 0.6) is 11.5 Å². The van der Waals surface area contributed by atoms with Crippen LogP contribution in [0.1, 0.15) is 41.5 Å². The number of H-pyrrole nitrogens is 1. The van der Waals surface area contributed by atoms with Crippen molar-refractivity contribution in [2.24, 2.45) is 7.05 Å². The largest absolute Gasteiger partial charge is 0.457 e. The second-order valence-corrected chi connectivity index (χ2v) is 10.4. The van der Waals surface area contributed by atoms with Crippen molar-refractivity contribution < 1.29 is 16.0 Å². The van der Waals surface area contributed by atoms with Crippen molar-refractivity contribution in [1.29, 1.82) is 0 Å². The number of hydrogen-bond donors (Lipinski definition) is 2. The van der Waals surface area contributed by atoms with Crippen LogP contribution in [0.2, 0.25) is 0 Å². The summed E-state index contributed by atoms with van der Waals surface area (Å²) >= 11 is 0. The van der Waals surface area contributed by atoms with Crippen LogP contribution in [0, 0.1) is 0 Å². The van der Waals surface area contributed by atoms with E-state index in [0.717, 1.165) is 17.4 Å². The van der Waals surface area contributed by atoms with Crippen molar-refractivity contribution in [2.45, 2.75) is 33.1 Å². The van der Waals surface area contributed by atoms with Gasteiger partial charge in [0, 0.05) is 44.5 Å². The lowest BCUT2D eigenvalue weighted by Gasteiger charge is -2.17. The first kappa shape index (κ1) is 23.6. The molecule has 7 nitrogen and oxygen atoms in total. The molecule has 0 fully saturated rings. The Balaban J connectivity index is 0.00000228. The molecule has 0 bridgehead atoms. The van der Waals surface area contributed by atoms with Crippen LogP contribution in [0.3, 0.4) is 0 Å². The van der Waals surface area contributed by atoms with Crippen LogP contribution < -0.4 is 15.0 Å². The van der Waals surface area contributed by atoms with E-state index in [1.807, 2.05) is 24.3 Å². The number of aryl methyl sites for hydroxylation is 1. The summed E-state index contributed by atoms with van der Waals surface area (Å²) < 4.78 is 34.8. The Hall–Kier alpha value is -3.52. The van der Waals surface area contributed by atoms with E-state index in [2.05, 4.69) is 29.6 Å². The minimum Gasteiger partial charge on any atom is -0.457 e. The van der Waals surface area contributed by atoms with Crippen molar-refractivity contribution in [2.75, 3.05) is 10.5 Å². The van der Waals surface area contributed by atoms with Gasteiger partial charge in [0.1, 0.15) is 17.0 Å². The van der Waals surface area contributed by atoms with Gasteiger partial charge in [0.05, 0.1) is 5.75 Å². The van der Waals surface area contributed by atoms with Crippen LogP contribution in [0.4, 0.5) is 5.69 Å². The number of benzene rings is 2. The molecule has 4 aromatic rings. The van der Waals surface area contributed by atoms with E-state index in [0.29, 0.717) is 34.2 Å². The van der Waals surface area contributed by atoms with Crippen LogP contribution in [0.15, 0.2) is 65.7 Å². The first-order valence-corrected chi connectivity index (χ1v) is 13.0. The molecule has 0 aliphatic rings. The molecule has 0 amide bonds. The number of nitrogens with zero attached hydrogens (tertiary/aromatic N) is 1. The molecule has 4 rings (SSSR count). The molecule has 0 saturated carbocycles. The highest BCUT2D eigenvalue weighted by Gasteiger charge is 2.17. The summed E-state index contributed by atoms with van der Waals surface area (Å²) in [7, 11) is -1.77. The van der Waals surface area contributed by atoms with Gasteiger partial charge in [-0.2, -0.15) is 0 Å². The number of ether oxygens (including phenoxy) is 1. The second-order valence-electron chi connectivity index (χ2n) is 8.43. The van der Waals surface area contributed by atoms with Gasteiger partial charge in [0.2, 0.25) is 10.0 Å². The number of pyridine rings is 1. The third-order valence-corrected chi connectivity index (χ3v) is 7.39. The van der Waals surface area contributed by atoms with Gasteiger partial charge in [0.25, 0.3) is 5.56 Å². The number of nitrogens with one attached hydrogen (secondary N) is 2. The summed E-state index contributed by atoms with van der Waals surface area (Å²) in [4.78, 5) is 15.6. The average Bonchev–Trinajstić information content (AvgIpc) is 3.32. The predicted octanol–water partition coefficient (Wildman–Crippen LogP) is 6.09. The fraction of sp³-hybridized carbons (Fsp3) is 0.269. The third-order valence-electron chi connectivity index (χ3n) is 6.08. The van der Waals surface area contributed by atoms with Gasteiger partial charge in [-0.1, -0.05) is 26.0 Å². The van der Waals surface area contributed by atoms with E-state index in [1.165, 1.54) is 10.1 Å². The second kappa shape index (κ2) is 9.38. The Morgan fingerprint density at radius 3 is 2.65 bits per heavy atom. The molecule has 182 valence electrons. The maximum Gasteiger partial charge on any atom is 0.274 e. The molecule has 2 aromatic heterocycles. The van der Waals surface area contributed by atoms with Crippen LogP contribution in [0.25, 0.3) is 22.0 Å². The predicted molar refractivity (Wildman–Crippen MR) is 142 cm³/mol. The Morgan fingerprint density at radius 1 is 1.12 bits per heavy atom. The van der Waals surface area contributed by atoms with E-state index < -0.39 is 10.0 Å². The lowest BCUT2D eigenvalue weighted by Crippen LogP contribution is -2.17. The highest BCUT2D eigenvalue weighted by Crippen LogP contribution is 2.39. The number of aromatic amines is 1. The van der Waals surface area contributed by atoms with Crippen LogP contribution in [-0.4, -0.2) is 23.7 Å². The third kappa shape index (κ3) is 4.72. The fourth-order valence-corrected chi connectivity index (χ4v) is 4.51. The Kier molecular flexibility index (Phi) is 6.52. The lowest BCUT2D eigenvalue weighted by atomic mass is 9.98. The summed E-state index contributed by atoms with van der Waals surface area (Å²) in [5.41, 5.74) is 3.37. The van der Waals surface area contributed by atoms with Gasteiger partial charge in [-0.05, 0) is 61.2 Å². The van der Waals surface area contributed by atoms with Crippen molar-refractivity contribution in [3.05, 3.63) is 76.8 Å². The average molecular weight is 484 g/mol. The molecule has 2 aromatic carbocycles. The van der Waals surface area contributed by atoms with Gasteiger partial charge < -0.3 is 14.3 Å². The maximum absolute atomic E-state index is 12.6. The van der Waals surface area contributed by atoms with Gasteiger partial charge in [-0.15, -0.1) is 0 Å². The number of anilines is 1. The number of fused-ring (bicyclic) bond motifs is 1. The Labute approximate surface area is 202 Å². The minimum atomic E-state index is -3.46. The Morgan fingerprint density at radius 2 is 1.91 bits per heavy atom. The molecule has 2 heterocycles. The molecule has 0 radical (unpaired) electrons. The summed E-state index contributed by atoms with van der Waals surface area (Å²) in [6, 6.07) is 15.0. The van der Waals surface area contributed by atoms with Gasteiger partial charge in [-0.3, -0.25) is 9.52 Å². The molecular formula is C26H33N3O4S. The minimum absolute atomic E-state index is 0. The number of aromatic nitrogens is 2. The summed E-state index contributed by atoms with van der Waals surface area (Å²) in [5.74, 6) is 1.61. The zero-order valence-electron chi connectivity index (χ0n) is 19.8. The summed E-state index contributed by atoms with van der Waals surface area (Å²) in [6.45, 7) is 5.90. The number of rotatable bonds is 8. The Bertz CT molecular complexity index is 1510. The van der Waals surface area contributed by atoms with Gasteiger partial charge in [0.15, 0.2) is 0 Å². The van der Waals surface area contributed by atoms with E-state index in [9.17, 15) is 13.2 Å². The zero-order valence-corrected chi connectivity index (χ0v) is 20.6. The van der Waals surface area contributed by atoms with Crippen molar-refractivity contribution in [3.8, 4) is 22.6 Å². The molecular weight excluding hydrogens is 450 g/mol. The summed E-state index contributed by atoms with van der Waals surface area (Å²) in [6.07, 6.45) is 4.48. The molecule has 1 unspecified atom stereocenters. The smallest absolute Gasteiger partial charge is 0.274 e. The molecule has 0 spiro atoms. The number of sulfonamides is 1. The molecule has 34 heavy (non-hydrogen) atoms. The zero-order chi connectivity index (χ0) is 24.5. The summed E-state index contributed by atoms with van der Waals surface area (Å²) in [5, 5.41) is 0.733. The van der Waals surface area contributed by atoms with Gasteiger partial charge >= 0.3 is 0 Å². The van der Waals surface area contributed by atoms with Crippen molar-refractivity contribution >= 4 is 26.6 Å². The van der Waals surface area contributed by atoms with E-state index in [-0.39, 0.29) is 14.2 Å². The quantitative estimate of drug-likeness (QED) is 0.317. The molecule has 0 saturated heterocycles. The van der Waals surface area contributed by atoms with Gasteiger partial charge in [-0.25, -0.2) is 8.42 Å². The maximum atomic E-state index is 12.6. The van der Waals surface area contributed by atoms with E-state index in [1.54, 1.807) is 44.6 Å². The van der Waals surface area contributed by atoms with E-state index >= 15 is 0 Å². The molecule has 0 aliphatic heterocycles. The highest BCUT2D eigenvalue weighted by atomic mass is 32.2. The first-order valence-electron chi connectivity index (χ1n) is 11.3. The standard InChI is InChI=1S/C26H29N3O4S.2H2/c1-5-17(3)18-8-7-9-20(14-18)33-24-11-10-19(28-34(31,32)6-2)15-22(24)23-16-29(4)26(30)25-21(23)12-13-27-25;;/h7-17,27-28H,5-6H2,1-4H3;2*1H. The molecule has 2 N–H and O–H groups in total. The molecule has 8 heteroatoms. The normalized spacial score (nSPS) is 12.6. The topological polar surface area (TPSA) is 93.2 Å². The monoisotopic (exact) mass is 483 g/mol. The lowest BCUT2D eigenvalue weighted by molar-refractivity contribution is 0.483. The molecule has 1 atom stereocenters.